The van der Waals surface area contributed by atoms with Gasteiger partial charge in [-0.1, -0.05) is 6.07 Å². The van der Waals surface area contributed by atoms with Gasteiger partial charge in [-0.3, -0.25) is 0 Å². The fourth-order valence-electron chi connectivity index (χ4n) is 1.93. The summed E-state index contributed by atoms with van der Waals surface area (Å²) in [6.45, 7) is 4.66. The Morgan fingerprint density at radius 1 is 1.37 bits per heavy atom. The molecule has 0 saturated carbocycles. The van der Waals surface area contributed by atoms with Crippen molar-refractivity contribution in [3.05, 3.63) is 36.0 Å². The minimum atomic E-state index is -0.0160. The van der Waals surface area contributed by atoms with E-state index >= 15 is 0 Å². The number of carbonyl (C=O) groups excluding carboxylic acids is 1. The van der Waals surface area contributed by atoms with Gasteiger partial charge in [0, 0.05) is 31.3 Å². The smallest absolute Gasteiger partial charge is 0.317 e. The predicted octanol–water partition coefficient (Wildman–Crippen LogP) is 2.76. The van der Waals surface area contributed by atoms with Crippen LogP contribution in [0.4, 0.5) is 4.79 Å². The molecule has 19 heavy (non-hydrogen) atoms. The first kappa shape index (κ1) is 13.5. The Bertz CT molecular complexity index is 559. The Hall–Kier alpha value is -1.97. The van der Waals surface area contributed by atoms with E-state index in [-0.39, 0.29) is 12.1 Å². The number of nitrogens with one attached hydrogen (secondary N) is 2. The molecule has 0 aliphatic carbocycles. The second-order valence-corrected chi connectivity index (χ2v) is 5.09. The first-order valence-corrected chi connectivity index (χ1v) is 6.64. The normalized spacial score (nSPS) is 10.9. The number of hydrogen-bond acceptors (Lipinski definition) is 1. The molecule has 0 spiro atoms. The van der Waals surface area contributed by atoms with Crippen molar-refractivity contribution in [2.24, 2.45) is 0 Å². The SMILES string of the molecule is CC(C)N(C)C(=O)NCCc1ccc2[nH]ccc2c1. The first-order valence-electron chi connectivity index (χ1n) is 6.64. The number of aromatic amines is 1. The van der Waals surface area contributed by atoms with E-state index in [0.29, 0.717) is 6.54 Å². The van der Waals surface area contributed by atoms with Crippen LogP contribution in [0.25, 0.3) is 10.9 Å². The number of H-pyrrole nitrogens is 1. The van der Waals surface area contributed by atoms with E-state index in [0.717, 1.165) is 11.9 Å². The summed E-state index contributed by atoms with van der Waals surface area (Å²) in [5, 5.41) is 4.14. The van der Waals surface area contributed by atoms with Crippen LogP contribution in [0, 0.1) is 0 Å². The maximum Gasteiger partial charge on any atom is 0.317 e. The molecule has 2 rings (SSSR count). The standard InChI is InChI=1S/C15H21N3O/c1-11(2)18(3)15(19)17-8-6-12-4-5-14-13(10-12)7-9-16-14/h4-5,7,9-11,16H,6,8H2,1-3H3,(H,17,19). The highest BCUT2D eigenvalue weighted by Crippen LogP contribution is 2.14. The van der Waals surface area contributed by atoms with E-state index in [1.165, 1.54) is 10.9 Å². The van der Waals surface area contributed by atoms with E-state index in [1.807, 2.05) is 27.1 Å². The van der Waals surface area contributed by atoms with E-state index in [4.69, 9.17) is 0 Å². The van der Waals surface area contributed by atoms with Gasteiger partial charge < -0.3 is 15.2 Å². The Morgan fingerprint density at radius 3 is 2.89 bits per heavy atom. The van der Waals surface area contributed by atoms with Crippen LogP contribution < -0.4 is 5.32 Å². The summed E-state index contributed by atoms with van der Waals surface area (Å²) in [6.07, 6.45) is 2.78. The lowest BCUT2D eigenvalue weighted by Crippen LogP contribution is -2.41. The van der Waals surface area contributed by atoms with E-state index in [1.54, 1.807) is 4.90 Å². The van der Waals surface area contributed by atoms with Crippen molar-refractivity contribution in [1.29, 1.82) is 0 Å². The molecule has 102 valence electrons. The molecule has 0 radical (unpaired) electrons. The fraction of sp³-hybridized carbons (Fsp3) is 0.400. The summed E-state index contributed by atoms with van der Waals surface area (Å²) in [5.74, 6) is 0. The van der Waals surface area contributed by atoms with Crippen LogP contribution in [-0.4, -0.2) is 35.5 Å². The van der Waals surface area contributed by atoms with Crippen molar-refractivity contribution in [3.63, 3.8) is 0 Å². The molecule has 0 unspecified atom stereocenters. The van der Waals surface area contributed by atoms with Gasteiger partial charge >= 0.3 is 6.03 Å². The monoisotopic (exact) mass is 259 g/mol. The van der Waals surface area contributed by atoms with E-state index < -0.39 is 0 Å². The number of aromatic nitrogens is 1. The zero-order chi connectivity index (χ0) is 13.8. The minimum Gasteiger partial charge on any atom is -0.361 e. The lowest BCUT2D eigenvalue weighted by Gasteiger charge is -2.21. The van der Waals surface area contributed by atoms with Crippen molar-refractivity contribution in [3.8, 4) is 0 Å². The maximum atomic E-state index is 11.8. The van der Waals surface area contributed by atoms with Crippen LogP contribution in [0.1, 0.15) is 19.4 Å². The van der Waals surface area contributed by atoms with Crippen molar-refractivity contribution >= 4 is 16.9 Å². The average Bonchev–Trinajstić information content (AvgIpc) is 2.84. The molecular formula is C15H21N3O. The number of carbonyl (C=O) groups is 1. The topological polar surface area (TPSA) is 48.1 Å². The third kappa shape index (κ3) is 3.28. The molecule has 0 aliphatic rings. The van der Waals surface area contributed by atoms with Gasteiger partial charge in [-0.15, -0.1) is 0 Å². The average molecular weight is 259 g/mol. The quantitative estimate of drug-likeness (QED) is 0.871. The number of urea groups is 1. The molecular weight excluding hydrogens is 238 g/mol. The van der Waals surface area contributed by atoms with Crippen molar-refractivity contribution in [1.82, 2.24) is 15.2 Å². The van der Waals surface area contributed by atoms with Gasteiger partial charge in [-0.2, -0.15) is 0 Å². The van der Waals surface area contributed by atoms with Gasteiger partial charge in [0.05, 0.1) is 0 Å². The lowest BCUT2D eigenvalue weighted by atomic mass is 10.1. The van der Waals surface area contributed by atoms with Crippen molar-refractivity contribution in [2.45, 2.75) is 26.3 Å². The largest absolute Gasteiger partial charge is 0.361 e. The second-order valence-electron chi connectivity index (χ2n) is 5.09. The zero-order valence-corrected chi connectivity index (χ0v) is 11.7. The van der Waals surface area contributed by atoms with Gasteiger partial charge in [0.25, 0.3) is 0 Å². The fourth-order valence-corrected chi connectivity index (χ4v) is 1.93. The molecule has 0 bridgehead atoms. The maximum absolute atomic E-state index is 11.8. The molecule has 0 saturated heterocycles. The molecule has 2 N–H and O–H groups in total. The van der Waals surface area contributed by atoms with Crippen LogP contribution in [0.15, 0.2) is 30.5 Å². The molecule has 2 amide bonds. The molecule has 1 heterocycles. The zero-order valence-electron chi connectivity index (χ0n) is 11.7. The highest BCUT2D eigenvalue weighted by molar-refractivity contribution is 5.80. The summed E-state index contributed by atoms with van der Waals surface area (Å²) in [4.78, 5) is 16.6. The first-order chi connectivity index (χ1) is 9.08. The number of nitrogens with zero attached hydrogens (tertiary/aromatic N) is 1. The molecule has 2 aromatic rings. The summed E-state index contributed by atoms with van der Waals surface area (Å²) >= 11 is 0. The molecule has 4 heteroatoms. The minimum absolute atomic E-state index is 0.0160. The molecule has 1 aromatic carbocycles. The van der Waals surface area contributed by atoms with E-state index in [2.05, 4.69) is 34.6 Å². The third-order valence-corrected chi connectivity index (χ3v) is 3.40. The van der Waals surface area contributed by atoms with Crippen LogP contribution >= 0.6 is 0 Å². The summed E-state index contributed by atoms with van der Waals surface area (Å²) in [5.41, 5.74) is 2.38. The van der Waals surface area contributed by atoms with Gasteiger partial charge in [-0.05, 0) is 49.4 Å². The second kappa shape index (κ2) is 5.78. The van der Waals surface area contributed by atoms with Crippen molar-refractivity contribution < 1.29 is 4.79 Å². The molecule has 4 nitrogen and oxygen atoms in total. The van der Waals surface area contributed by atoms with Gasteiger partial charge in [-0.25, -0.2) is 4.79 Å². The summed E-state index contributed by atoms with van der Waals surface area (Å²) in [6, 6.07) is 8.59. The van der Waals surface area contributed by atoms with E-state index in [9.17, 15) is 4.79 Å². The Kier molecular flexibility index (Phi) is 4.10. The van der Waals surface area contributed by atoms with Crippen LogP contribution in [0.3, 0.4) is 0 Å². The molecule has 0 aliphatic heterocycles. The number of hydrogen-bond donors (Lipinski definition) is 2. The predicted molar refractivity (Wildman–Crippen MR) is 78.3 cm³/mol. The number of amides is 2. The van der Waals surface area contributed by atoms with Gasteiger partial charge in [0.1, 0.15) is 0 Å². The number of benzene rings is 1. The molecule has 0 atom stereocenters. The molecule has 1 aromatic heterocycles. The third-order valence-electron chi connectivity index (χ3n) is 3.40. The highest BCUT2D eigenvalue weighted by atomic mass is 16.2. The summed E-state index contributed by atoms with van der Waals surface area (Å²) in [7, 11) is 1.81. The Morgan fingerprint density at radius 2 is 2.16 bits per heavy atom. The highest BCUT2D eigenvalue weighted by Gasteiger charge is 2.10. The van der Waals surface area contributed by atoms with Crippen LogP contribution in [0.5, 0.6) is 0 Å². The number of fused-ring (bicyclic) bond motifs is 1. The molecule has 0 fully saturated rings. The van der Waals surface area contributed by atoms with Crippen molar-refractivity contribution in [2.75, 3.05) is 13.6 Å². The Labute approximate surface area is 113 Å². The van der Waals surface area contributed by atoms with Crippen LogP contribution in [-0.2, 0) is 6.42 Å². The Balaban J connectivity index is 1.87. The number of rotatable bonds is 4. The lowest BCUT2D eigenvalue weighted by molar-refractivity contribution is 0.198. The van der Waals surface area contributed by atoms with Gasteiger partial charge in [0.2, 0.25) is 0 Å². The summed E-state index contributed by atoms with van der Waals surface area (Å²) < 4.78 is 0. The van der Waals surface area contributed by atoms with Gasteiger partial charge in [0.15, 0.2) is 0 Å². The van der Waals surface area contributed by atoms with Crippen LogP contribution in [0.2, 0.25) is 0 Å².